The lowest BCUT2D eigenvalue weighted by Crippen LogP contribution is -2.59. The molecule has 0 bridgehead atoms. The summed E-state index contributed by atoms with van der Waals surface area (Å²) in [4.78, 5) is 11.7. The minimum absolute atomic E-state index is 0.0159. The molecule has 0 spiro atoms. The van der Waals surface area contributed by atoms with Crippen LogP contribution in [0.3, 0.4) is 0 Å². The molecule has 0 aromatic heterocycles. The van der Waals surface area contributed by atoms with E-state index in [1.807, 2.05) is 6.08 Å². The summed E-state index contributed by atoms with van der Waals surface area (Å²) in [5.41, 5.74) is 0. The van der Waals surface area contributed by atoms with E-state index in [4.69, 9.17) is 14.2 Å². The zero-order chi connectivity index (χ0) is 39.2. The van der Waals surface area contributed by atoms with Gasteiger partial charge in [0.05, 0.1) is 25.4 Å². The molecule has 0 radical (unpaired) electrons. The minimum atomic E-state index is -1.52. The quantitative estimate of drug-likeness (QED) is 0.0427. The second-order valence-corrected chi connectivity index (χ2v) is 16.4. The number of hydrogen-bond acceptors (Lipinski definition) is 9. The van der Waals surface area contributed by atoms with Crippen molar-refractivity contribution in [2.24, 2.45) is 41.4 Å². The van der Waals surface area contributed by atoms with Gasteiger partial charge in [-0.3, -0.25) is 4.79 Å². The summed E-state index contributed by atoms with van der Waals surface area (Å²) in [6.07, 6.45) is 15.7. The highest BCUT2D eigenvalue weighted by atomic mass is 16.7. The third-order valence-electron chi connectivity index (χ3n) is 10.7. The molecule has 0 saturated carbocycles. The average molecular weight is 739 g/mol. The van der Waals surface area contributed by atoms with Crippen molar-refractivity contribution in [1.82, 2.24) is 0 Å². The van der Waals surface area contributed by atoms with Crippen molar-refractivity contribution in [3.63, 3.8) is 0 Å². The Morgan fingerprint density at radius 3 is 2.06 bits per heavy atom. The van der Waals surface area contributed by atoms with E-state index in [1.54, 1.807) is 0 Å². The van der Waals surface area contributed by atoms with Gasteiger partial charge in [0.25, 0.3) is 0 Å². The lowest BCUT2D eigenvalue weighted by molar-refractivity contribution is -0.310. The number of carbonyl (C=O) groups is 1. The van der Waals surface area contributed by atoms with E-state index < -0.39 is 49.5 Å². The molecular weight excluding hydrogens is 660 g/mol. The summed E-state index contributed by atoms with van der Waals surface area (Å²) in [6.45, 7) is 18.6. The first-order valence-corrected chi connectivity index (χ1v) is 20.4. The van der Waals surface area contributed by atoms with Crippen LogP contribution in [0.4, 0.5) is 0 Å². The van der Waals surface area contributed by atoms with E-state index in [0.29, 0.717) is 24.9 Å². The van der Waals surface area contributed by atoms with Crippen LogP contribution in [0.5, 0.6) is 0 Å². The molecule has 304 valence electrons. The Labute approximate surface area is 316 Å². The van der Waals surface area contributed by atoms with Crippen LogP contribution in [0.25, 0.3) is 0 Å². The van der Waals surface area contributed by atoms with Crippen molar-refractivity contribution in [3.8, 4) is 0 Å². The van der Waals surface area contributed by atoms with Crippen molar-refractivity contribution < 1.29 is 44.5 Å². The van der Waals surface area contributed by atoms with Crippen LogP contribution in [0.2, 0.25) is 0 Å². The summed E-state index contributed by atoms with van der Waals surface area (Å²) in [5, 5.41) is 52.0. The largest absolute Gasteiger partial charge is 0.466 e. The van der Waals surface area contributed by atoms with Crippen molar-refractivity contribution in [1.29, 1.82) is 0 Å². The van der Waals surface area contributed by atoms with Crippen molar-refractivity contribution in [2.45, 2.75) is 176 Å². The van der Waals surface area contributed by atoms with Crippen LogP contribution in [-0.4, -0.2) is 87.6 Å². The van der Waals surface area contributed by atoms with Crippen molar-refractivity contribution in [3.05, 3.63) is 36.5 Å². The van der Waals surface area contributed by atoms with Crippen LogP contribution in [-0.2, 0) is 19.0 Å². The van der Waals surface area contributed by atoms with Crippen LogP contribution in [0, 0.1) is 41.4 Å². The minimum Gasteiger partial charge on any atom is -0.466 e. The number of ether oxygens (including phenoxy) is 3. The first kappa shape index (κ1) is 48.4. The van der Waals surface area contributed by atoms with Gasteiger partial charge in [-0.15, -0.1) is 0 Å². The maximum absolute atomic E-state index is 11.7. The van der Waals surface area contributed by atoms with E-state index in [2.05, 4.69) is 85.8 Å². The summed E-state index contributed by atoms with van der Waals surface area (Å²) in [5.74, 6) is 1.94. The van der Waals surface area contributed by atoms with E-state index in [0.717, 1.165) is 50.9 Å². The molecule has 1 rings (SSSR count). The number of aliphatic hydroxyl groups excluding tert-OH is 5. The highest BCUT2D eigenvalue weighted by molar-refractivity contribution is 5.65. The Kier molecular flexibility index (Phi) is 25.2. The lowest BCUT2D eigenvalue weighted by Gasteiger charge is -2.41. The number of hydrogen-bond donors (Lipinski definition) is 5. The molecule has 0 aromatic rings. The molecule has 13 atom stereocenters. The Morgan fingerprint density at radius 1 is 0.769 bits per heavy atom. The predicted molar refractivity (Wildman–Crippen MR) is 209 cm³/mol. The number of allylic oxidation sites excluding steroid dienone is 4. The van der Waals surface area contributed by atoms with Crippen LogP contribution < -0.4 is 0 Å². The van der Waals surface area contributed by atoms with E-state index in [1.165, 1.54) is 26.2 Å². The molecule has 1 fully saturated rings. The zero-order valence-corrected chi connectivity index (χ0v) is 34.1. The van der Waals surface area contributed by atoms with Gasteiger partial charge in [0.1, 0.15) is 24.4 Å². The number of carbonyl (C=O) groups excluding carboxylic acids is 1. The molecule has 5 unspecified atom stereocenters. The van der Waals surface area contributed by atoms with E-state index in [9.17, 15) is 30.3 Å². The van der Waals surface area contributed by atoms with E-state index >= 15 is 0 Å². The van der Waals surface area contributed by atoms with Gasteiger partial charge in [-0.1, -0.05) is 124 Å². The Bertz CT molecular complexity index is 1010. The molecule has 1 aliphatic rings. The Hall–Kier alpha value is -1.59. The molecule has 0 amide bonds. The van der Waals surface area contributed by atoms with Crippen molar-refractivity contribution >= 4 is 5.97 Å². The van der Waals surface area contributed by atoms with E-state index in [-0.39, 0.29) is 29.6 Å². The average Bonchev–Trinajstić information content (AvgIpc) is 3.10. The molecule has 1 heterocycles. The molecular formula is C43H78O9. The molecule has 52 heavy (non-hydrogen) atoms. The van der Waals surface area contributed by atoms with Gasteiger partial charge >= 0.3 is 5.97 Å². The third kappa shape index (κ3) is 20.2. The summed E-state index contributed by atoms with van der Waals surface area (Å²) < 4.78 is 17.4. The van der Waals surface area contributed by atoms with Crippen LogP contribution >= 0.6 is 0 Å². The maximum atomic E-state index is 11.7. The standard InChI is InChI=1S/C43H78O9/c1-10-30(4)16-12-18-32(6)23-26-38(51-43-42(49)41(48)40(47)39(27-44)52-43)34(8)21-14-22-36(28-50-35(9)45)24-25-37(46)33(7)20-13-19-31(5)17-11-15-29(2)3/h12-13,18,20,23,26,29-34,36-44,46-49H,10-11,14-17,19,21-22,24-25,27-28H2,1-9H3/b18-12+,20-13+,26-23+/t30-,31+,32-,33+,34+,36-,37+,38+,39?,40?,41?,42?,43?/m1/s1. The number of aliphatic hydroxyl groups is 5. The fourth-order valence-electron chi connectivity index (χ4n) is 6.50. The molecule has 1 saturated heterocycles. The molecule has 0 aromatic carbocycles. The summed E-state index contributed by atoms with van der Waals surface area (Å²) in [6, 6.07) is 0. The van der Waals surface area contributed by atoms with Crippen LogP contribution in [0.1, 0.15) is 133 Å². The molecule has 9 nitrogen and oxygen atoms in total. The Morgan fingerprint density at radius 2 is 1.42 bits per heavy atom. The summed E-state index contributed by atoms with van der Waals surface area (Å²) in [7, 11) is 0. The van der Waals surface area contributed by atoms with Gasteiger partial charge in [0.15, 0.2) is 6.29 Å². The zero-order valence-electron chi connectivity index (χ0n) is 34.1. The lowest BCUT2D eigenvalue weighted by atomic mass is 9.89. The van der Waals surface area contributed by atoms with Crippen LogP contribution in [0.15, 0.2) is 36.5 Å². The fourth-order valence-corrected chi connectivity index (χ4v) is 6.50. The second-order valence-electron chi connectivity index (χ2n) is 16.4. The SMILES string of the molecule is CC[C@@H](C)C/C=C/[C@@H](C)/C=C/[C@H](OC1OC(CO)C(O)C(O)C1O)[C@@H](C)CCC[C@H](CC[C@H](O)[C@@H](C)/C=C/C[C@@H](C)CCCC(C)C)COC(C)=O. The second kappa shape index (κ2) is 27.1. The molecule has 1 aliphatic heterocycles. The normalized spacial score (nSPS) is 26.1. The third-order valence-corrected chi connectivity index (χ3v) is 10.7. The fraction of sp³-hybridized carbons (Fsp3) is 0.837. The first-order chi connectivity index (χ1) is 24.6. The van der Waals surface area contributed by atoms with Gasteiger partial charge < -0.3 is 39.7 Å². The highest BCUT2D eigenvalue weighted by Gasteiger charge is 2.45. The summed E-state index contributed by atoms with van der Waals surface area (Å²) >= 11 is 0. The van der Waals surface area contributed by atoms with Gasteiger partial charge in [-0.05, 0) is 80.0 Å². The molecule has 9 heteroatoms. The van der Waals surface area contributed by atoms with Gasteiger partial charge in [0.2, 0.25) is 0 Å². The topological polar surface area (TPSA) is 146 Å². The van der Waals surface area contributed by atoms with Gasteiger partial charge in [-0.2, -0.15) is 0 Å². The maximum Gasteiger partial charge on any atom is 0.302 e. The van der Waals surface area contributed by atoms with Gasteiger partial charge in [-0.25, -0.2) is 0 Å². The monoisotopic (exact) mass is 739 g/mol. The number of esters is 1. The van der Waals surface area contributed by atoms with Gasteiger partial charge in [0, 0.05) is 6.92 Å². The van der Waals surface area contributed by atoms with Crippen molar-refractivity contribution in [2.75, 3.05) is 13.2 Å². The smallest absolute Gasteiger partial charge is 0.302 e. The molecule has 0 aliphatic carbocycles. The molecule has 5 N–H and O–H groups in total. The first-order valence-electron chi connectivity index (χ1n) is 20.4. The predicted octanol–water partition coefficient (Wildman–Crippen LogP) is 7.53. The Balaban J connectivity index is 2.89. The highest BCUT2D eigenvalue weighted by Crippen LogP contribution is 2.28. The number of rotatable bonds is 27.